The van der Waals surface area contributed by atoms with Gasteiger partial charge in [-0.2, -0.15) is 0 Å². The number of imidazole rings is 1. The summed E-state index contributed by atoms with van der Waals surface area (Å²) in [7, 11) is 0. The minimum absolute atomic E-state index is 0.175. The number of amides is 1. The van der Waals surface area contributed by atoms with Crippen molar-refractivity contribution >= 4 is 23.1 Å². The van der Waals surface area contributed by atoms with Crippen molar-refractivity contribution < 1.29 is 14.6 Å². The summed E-state index contributed by atoms with van der Waals surface area (Å²) < 4.78 is 7.52. The van der Waals surface area contributed by atoms with Crippen LogP contribution in [0.2, 0.25) is 0 Å². The molecule has 1 aliphatic heterocycles. The number of nitrogens with one attached hydrogen (secondary N) is 1. The van der Waals surface area contributed by atoms with Gasteiger partial charge in [-0.1, -0.05) is 18.2 Å². The smallest absolute Gasteiger partial charge is 0.410 e. The molecule has 33 heavy (non-hydrogen) atoms. The normalized spacial score (nSPS) is 16.1. The van der Waals surface area contributed by atoms with Crippen LogP contribution in [0.1, 0.15) is 51.1 Å². The van der Waals surface area contributed by atoms with Crippen LogP contribution in [0, 0.1) is 6.92 Å². The lowest BCUT2D eigenvalue weighted by Crippen LogP contribution is -2.44. The van der Waals surface area contributed by atoms with Crippen LogP contribution in [0.4, 0.5) is 10.7 Å². The zero-order chi connectivity index (χ0) is 23.6. The standard InChI is InChI=1S/C25H33N5O3/c1-17-8-7-10-20(26-17)22(31)16-30-21-11-6-5-9-19(21)28-23(30)27-18-12-14-29(15-13-18)24(32)33-25(2,3)4/h5-11,18,22,31H,12-16H2,1-4H3,(H,27,28). The molecule has 176 valence electrons. The van der Waals surface area contributed by atoms with Gasteiger partial charge in [-0.3, -0.25) is 4.98 Å². The Kier molecular flexibility index (Phi) is 6.56. The van der Waals surface area contributed by atoms with Crippen molar-refractivity contribution in [3.05, 3.63) is 53.9 Å². The predicted octanol–water partition coefficient (Wildman–Crippen LogP) is 4.28. The highest BCUT2D eigenvalue weighted by atomic mass is 16.6. The number of benzene rings is 1. The van der Waals surface area contributed by atoms with Crippen molar-refractivity contribution in [1.29, 1.82) is 0 Å². The van der Waals surface area contributed by atoms with Gasteiger partial charge in [0.2, 0.25) is 5.95 Å². The van der Waals surface area contributed by atoms with Gasteiger partial charge in [0.1, 0.15) is 11.7 Å². The molecule has 1 aromatic carbocycles. The van der Waals surface area contributed by atoms with E-state index >= 15 is 0 Å². The number of pyridine rings is 1. The number of para-hydroxylation sites is 2. The molecular weight excluding hydrogens is 418 g/mol. The number of hydrogen-bond acceptors (Lipinski definition) is 6. The zero-order valence-corrected chi connectivity index (χ0v) is 19.8. The van der Waals surface area contributed by atoms with Crippen molar-refractivity contribution in [2.75, 3.05) is 18.4 Å². The van der Waals surface area contributed by atoms with Crippen LogP contribution in [0.5, 0.6) is 0 Å². The van der Waals surface area contributed by atoms with E-state index < -0.39 is 11.7 Å². The molecule has 1 atom stereocenters. The monoisotopic (exact) mass is 451 g/mol. The van der Waals surface area contributed by atoms with Crippen molar-refractivity contribution in [3.8, 4) is 0 Å². The number of nitrogens with zero attached hydrogens (tertiary/aromatic N) is 4. The Bertz CT molecular complexity index is 1110. The van der Waals surface area contributed by atoms with E-state index in [2.05, 4.69) is 10.3 Å². The average molecular weight is 452 g/mol. The van der Waals surface area contributed by atoms with Gasteiger partial charge in [0.15, 0.2) is 0 Å². The largest absolute Gasteiger partial charge is 0.444 e. The molecule has 1 saturated heterocycles. The third-order valence-corrected chi connectivity index (χ3v) is 5.74. The van der Waals surface area contributed by atoms with E-state index in [0.29, 0.717) is 25.3 Å². The molecule has 1 fully saturated rings. The Morgan fingerprint density at radius 2 is 1.88 bits per heavy atom. The van der Waals surface area contributed by atoms with E-state index in [1.165, 1.54) is 0 Å². The molecule has 1 aliphatic rings. The van der Waals surface area contributed by atoms with Crippen LogP contribution in [0.3, 0.4) is 0 Å². The van der Waals surface area contributed by atoms with Gasteiger partial charge in [-0.25, -0.2) is 9.78 Å². The molecule has 8 nitrogen and oxygen atoms in total. The topological polar surface area (TPSA) is 92.5 Å². The second kappa shape index (κ2) is 9.39. The number of aliphatic hydroxyl groups is 1. The van der Waals surface area contributed by atoms with E-state index in [1.807, 2.05) is 74.7 Å². The number of ether oxygens (including phenoxy) is 1. The summed E-state index contributed by atoms with van der Waals surface area (Å²) in [6, 6.07) is 13.8. The van der Waals surface area contributed by atoms with Crippen LogP contribution in [-0.2, 0) is 11.3 Å². The molecule has 0 aliphatic carbocycles. The van der Waals surface area contributed by atoms with Gasteiger partial charge in [-0.05, 0) is 64.8 Å². The summed E-state index contributed by atoms with van der Waals surface area (Å²) in [6.45, 7) is 9.15. The fourth-order valence-corrected chi connectivity index (χ4v) is 4.10. The molecular formula is C25H33N5O3. The SMILES string of the molecule is Cc1cccc(C(O)Cn2c(NC3CCN(C(=O)OC(C)(C)C)CC3)nc3ccccc32)n1. The van der Waals surface area contributed by atoms with E-state index in [1.54, 1.807) is 4.90 Å². The third kappa shape index (κ3) is 5.63. The third-order valence-electron chi connectivity index (χ3n) is 5.74. The zero-order valence-electron chi connectivity index (χ0n) is 19.8. The first-order chi connectivity index (χ1) is 15.7. The van der Waals surface area contributed by atoms with Gasteiger partial charge < -0.3 is 24.6 Å². The number of hydrogen-bond donors (Lipinski definition) is 2. The first-order valence-corrected chi connectivity index (χ1v) is 11.5. The number of anilines is 1. The molecule has 4 rings (SSSR count). The Balaban J connectivity index is 1.48. The van der Waals surface area contributed by atoms with E-state index in [9.17, 15) is 9.90 Å². The van der Waals surface area contributed by atoms with Gasteiger partial charge >= 0.3 is 6.09 Å². The number of rotatable bonds is 5. The number of piperidine rings is 1. The van der Waals surface area contributed by atoms with Gasteiger partial charge in [0.05, 0.1) is 23.3 Å². The van der Waals surface area contributed by atoms with E-state index in [-0.39, 0.29) is 12.1 Å². The lowest BCUT2D eigenvalue weighted by Gasteiger charge is -2.34. The summed E-state index contributed by atoms with van der Waals surface area (Å²) in [4.78, 5) is 23.4. The fraction of sp³-hybridized carbons (Fsp3) is 0.480. The second-order valence-corrected chi connectivity index (χ2v) is 9.64. The predicted molar refractivity (Wildman–Crippen MR) is 128 cm³/mol. The molecule has 0 bridgehead atoms. The average Bonchev–Trinajstić information content (AvgIpc) is 3.10. The molecule has 1 amide bonds. The van der Waals surface area contributed by atoms with E-state index in [4.69, 9.17) is 9.72 Å². The van der Waals surface area contributed by atoms with E-state index in [0.717, 1.165) is 35.5 Å². The number of carbonyl (C=O) groups is 1. The maximum atomic E-state index is 12.4. The lowest BCUT2D eigenvalue weighted by molar-refractivity contribution is 0.0210. The van der Waals surface area contributed by atoms with Crippen molar-refractivity contribution in [2.45, 2.75) is 64.8 Å². The number of likely N-dealkylation sites (tertiary alicyclic amines) is 1. The number of fused-ring (bicyclic) bond motifs is 1. The summed E-state index contributed by atoms with van der Waals surface area (Å²) in [5.41, 5.74) is 2.85. The van der Waals surface area contributed by atoms with Crippen molar-refractivity contribution in [1.82, 2.24) is 19.4 Å². The van der Waals surface area contributed by atoms with Crippen LogP contribution in [0.25, 0.3) is 11.0 Å². The lowest BCUT2D eigenvalue weighted by atomic mass is 10.1. The molecule has 2 aromatic heterocycles. The maximum Gasteiger partial charge on any atom is 0.410 e. The van der Waals surface area contributed by atoms with Gasteiger partial charge in [0.25, 0.3) is 0 Å². The Hall–Kier alpha value is -3.13. The van der Waals surface area contributed by atoms with Crippen LogP contribution >= 0.6 is 0 Å². The molecule has 0 spiro atoms. The summed E-state index contributed by atoms with van der Waals surface area (Å²) in [5, 5.41) is 14.5. The molecule has 8 heteroatoms. The fourth-order valence-electron chi connectivity index (χ4n) is 4.10. The summed E-state index contributed by atoms with van der Waals surface area (Å²) in [6.07, 6.45) is 0.577. The summed E-state index contributed by atoms with van der Waals surface area (Å²) in [5.74, 6) is 0.721. The van der Waals surface area contributed by atoms with Crippen LogP contribution in [-0.4, -0.2) is 55.4 Å². The van der Waals surface area contributed by atoms with Crippen LogP contribution < -0.4 is 5.32 Å². The quantitative estimate of drug-likeness (QED) is 0.601. The highest BCUT2D eigenvalue weighted by Crippen LogP contribution is 2.26. The first-order valence-electron chi connectivity index (χ1n) is 11.5. The maximum absolute atomic E-state index is 12.4. The number of aryl methyl sites for hydroxylation is 1. The Morgan fingerprint density at radius 1 is 1.15 bits per heavy atom. The number of aliphatic hydroxyl groups excluding tert-OH is 1. The van der Waals surface area contributed by atoms with Gasteiger partial charge in [-0.15, -0.1) is 0 Å². The molecule has 3 aromatic rings. The van der Waals surface area contributed by atoms with Gasteiger partial charge in [0, 0.05) is 24.8 Å². The van der Waals surface area contributed by atoms with Crippen molar-refractivity contribution in [3.63, 3.8) is 0 Å². The molecule has 0 radical (unpaired) electrons. The molecule has 1 unspecified atom stereocenters. The molecule has 0 saturated carbocycles. The van der Waals surface area contributed by atoms with Crippen molar-refractivity contribution in [2.24, 2.45) is 0 Å². The Morgan fingerprint density at radius 3 is 2.58 bits per heavy atom. The minimum atomic E-state index is -0.753. The highest BCUT2D eigenvalue weighted by Gasteiger charge is 2.28. The first kappa shape index (κ1) is 23.0. The summed E-state index contributed by atoms with van der Waals surface area (Å²) >= 11 is 0. The number of aromatic nitrogens is 3. The highest BCUT2D eigenvalue weighted by molar-refractivity contribution is 5.78. The molecule has 3 heterocycles. The van der Waals surface area contributed by atoms with Crippen LogP contribution in [0.15, 0.2) is 42.5 Å². The second-order valence-electron chi connectivity index (χ2n) is 9.64. The minimum Gasteiger partial charge on any atom is -0.444 e. The number of carbonyl (C=O) groups excluding carboxylic acids is 1. The Labute approximate surface area is 194 Å². The molecule has 2 N–H and O–H groups in total.